The number of aromatic nitrogens is 3. The molecule has 0 radical (unpaired) electrons. The third kappa shape index (κ3) is 4.54. The molecule has 0 bridgehead atoms. The molecule has 2 aliphatic rings. The monoisotopic (exact) mass is 458 g/mol. The van der Waals surface area contributed by atoms with Gasteiger partial charge in [0.25, 0.3) is 0 Å². The molecule has 2 unspecified atom stereocenters. The quantitative estimate of drug-likeness (QED) is 0.685. The largest absolute Gasteiger partial charge is 0.369 e. The van der Waals surface area contributed by atoms with Crippen molar-refractivity contribution in [3.63, 3.8) is 0 Å². The zero-order chi connectivity index (χ0) is 20.8. The van der Waals surface area contributed by atoms with Gasteiger partial charge in [0, 0.05) is 42.4 Å². The Morgan fingerprint density at radius 2 is 2.21 bits per heavy atom. The summed E-state index contributed by atoms with van der Waals surface area (Å²) in [5.74, 6) is 0.461. The summed E-state index contributed by atoms with van der Waals surface area (Å²) in [6.45, 7) is 7.10. The summed E-state index contributed by atoms with van der Waals surface area (Å²) in [4.78, 5) is 3.77. The Bertz CT molecular complexity index is 989. The highest BCUT2D eigenvalue weighted by Crippen LogP contribution is 2.50. The number of fused-ring (bicyclic) bond motifs is 2. The highest BCUT2D eigenvalue weighted by Gasteiger charge is 2.46. The summed E-state index contributed by atoms with van der Waals surface area (Å²) in [5, 5.41) is 8.30. The summed E-state index contributed by atoms with van der Waals surface area (Å²) in [6.07, 6.45) is 4.92. The van der Waals surface area contributed by atoms with E-state index in [2.05, 4.69) is 35.1 Å². The molecule has 0 amide bonds. The van der Waals surface area contributed by atoms with Crippen LogP contribution in [0.5, 0.6) is 0 Å². The van der Waals surface area contributed by atoms with Crippen molar-refractivity contribution in [2.75, 3.05) is 25.2 Å². The average molecular weight is 459 g/mol. The first-order chi connectivity index (χ1) is 13.7. The van der Waals surface area contributed by atoms with Gasteiger partial charge in [-0.05, 0) is 31.4 Å². The number of nitrogens with zero attached hydrogens (tertiary/aromatic N) is 4. The second-order valence-electron chi connectivity index (χ2n) is 8.41. The van der Waals surface area contributed by atoms with Crippen LogP contribution in [0.1, 0.15) is 48.7 Å². The summed E-state index contributed by atoms with van der Waals surface area (Å²) in [6, 6.07) is 2.43. The van der Waals surface area contributed by atoms with Crippen LogP contribution in [0.25, 0.3) is 0 Å². The van der Waals surface area contributed by atoms with Crippen LogP contribution in [0.15, 0.2) is 12.3 Å². The fraction of sp³-hybridized carbons (Fsp3) is 0.684. The lowest BCUT2D eigenvalue weighted by Crippen LogP contribution is -2.50. The van der Waals surface area contributed by atoms with Crippen LogP contribution in [0.3, 0.4) is 0 Å². The van der Waals surface area contributed by atoms with E-state index in [0.29, 0.717) is 25.0 Å². The van der Waals surface area contributed by atoms with Crippen molar-refractivity contribution in [2.45, 2.75) is 57.3 Å². The Balaban J connectivity index is 1.43. The minimum Gasteiger partial charge on any atom is -0.369 e. The summed E-state index contributed by atoms with van der Waals surface area (Å²) in [7, 11) is -3.01. The number of likely N-dealkylation sites (tertiary alicyclic amines) is 1. The van der Waals surface area contributed by atoms with Crippen molar-refractivity contribution >= 4 is 32.8 Å². The molecule has 3 atom stereocenters. The number of sulfone groups is 1. The third-order valence-corrected chi connectivity index (χ3v) is 8.39. The summed E-state index contributed by atoms with van der Waals surface area (Å²) >= 11 is 8.03. The zero-order valence-corrected chi connectivity index (χ0v) is 19.4. The molecule has 160 valence electrons. The van der Waals surface area contributed by atoms with Gasteiger partial charge in [0.1, 0.15) is 9.84 Å². The third-order valence-electron chi connectivity index (χ3n) is 5.97. The topological polar surface area (TPSA) is 77.3 Å². The zero-order valence-electron chi connectivity index (χ0n) is 17.0. The first-order valence-electron chi connectivity index (χ1n) is 9.90. The smallest absolute Gasteiger partial charge is 0.149 e. The molecule has 1 spiro atoms. The van der Waals surface area contributed by atoms with Crippen molar-refractivity contribution in [3.05, 3.63) is 32.7 Å². The first-order valence-corrected chi connectivity index (χ1v) is 13.2. The lowest BCUT2D eigenvalue weighted by Gasteiger charge is -2.48. The molecule has 0 aliphatic carbocycles. The van der Waals surface area contributed by atoms with E-state index >= 15 is 0 Å². The number of hydrogen-bond acceptors (Lipinski definition) is 7. The number of rotatable bonds is 5. The highest BCUT2D eigenvalue weighted by atomic mass is 35.5. The molecule has 0 aromatic carbocycles. The predicted molar refractivity (Wildman–Crippen MR) is 114 cm³/mol. The van der Waals surface area contributed by atoms with Gasteiger partial charge in [-0.15, -0.1) is 16.4 Å². The average Bonchev–Trinajstić information content (AvgIpc) is 3.26. The van der Waals surface area contributed by atoms with Gasteiger partial charge in [-0.25, -0.2) is 8.42 Å². The van der Waals surface area contributed by atoms with Gasteiger partial charge in [0.15, 0.2) is 0 Å². The summed E-state index contributed by atoms with van der Waals surface area (Å²) < 4.78 is 31.6. The van der Waals surface area contributed by atoms with Crippen LogP contribution in [0.4, 0.5) is 0 Å². The van der Waals surface area contributed by atoms with Crippen LogP contribution >= 0.6 is 22.9 Å². The molecule has 2 aromatic rings. The van der Waals surface area contributed by atoms with E-state index in [1.165, 1.54) is 16.7 Å². The van der Waals surface area contributed by atoms with Crippen LogP contribution in [0, 0.1) is 0 Å². The SMILES string of the molecule is CC1COC2(CCN(Cc3cn(CCS(C)(=O)=O)nn3)[C@@H](C)C2)c2cc(Cl)sc21. The van der Waals surface area contributed by atoms with Gasteiger partial charge in [-0.2, -0.15) is 0 Å². The second kappa shape index (κ2) is 7.92. The van der Waals surface area contributed by atoms with Crippen LogP contribution in [-0.4, -0.2) is 59.5 Å². The van der Waals surface area contributed by atoms with Crippen LogP contribution in [0.2, 0.25) is 4.34 Å². The Hall–Kier alpha value is -1.000. The molecule has 1 fully saturated rings. The molecular weight excluding hydrogens is 432 g/mol. The molecule has 4 rings (SSSR count). The molecule has 0 N–H and O–H groups in total. The Morgan fingerprint density at radius 1 is 1.41 bits per heavy atom. The number of ether oxygens (including phenoxy) is 1. The molecule has 29 heavy (non-hydrogen) atoms. The van der Waals surface area contributed by atoms with Gasteiger partial charge in [-0.3, -0.25) is 9.58 Å². The molecule has 0 saturated carbocycles. The van der Waals surface area contributed by atoms with Gasteiger partial charge in [0.2, 0.25) is 0 Å². The van der Waals surface area contributed by atoms with Crippen molar-refractivity contribution < 1.29 is 13.2 Å². The first kappa shape index (κ1) is 21.2. The number of aryl methyl sites for hydroxylation is 1. The molecule has 10 heteroatoms. The Labute approximate surface area is 180 Å². The standard InChI is InChI=1S/C19H27ClN4O3S2/c1-13-12-27-19(16-8-17(20)28-18(13)16)4-5-23(14(2)9-19)10-15-11-24(22-21-15)6-7-29(3,25)26/h8,11,13-14H,4-7,9-10,12H2,1-3H3/t13?,14-,19?/m0/s1. The van der Waals surface area contributed by atoms with Crippen molar-refractivity contribution in [1.82, 2.24) is 19.9 Å². The van der Waals surface area contributed by atoms with Crippen molar-refractivity contribution in [3.8, 4) is 0 Å². The Kier molecular flexibility index (Phi) is 5.80. The van der Waals surface area contributed by atoms with Gasteiger partial charge < -0.3 is 4.74 Å². The second-order valence-corrected chi connectivity index (χ2v) is 12.4. The predicted octanol–water partition coefficient (Wildman–Crippen LogP) is 3.05. The minimum absolute atomic E-state index is 0.0692. The van der Waals surface area contributed by atoms with Gasteiger partial charge >= 0.3 is 0 Å². The fourth-order valence-electron chi connectivity index (χ4n) is 4.39. The molecule has 1 saturated heterocycles. The maximum atomic E-state index is 11.3. The normalized spacial score (nSPS) is 28.0. The van der Waals surface area contributed by atoms with E-state index < -0.39 is 9.84 Å². The maximum absolute atomic E-state index is 11.3. The Morgan fingerprint density at radius 3 is 2.93 bits per heavy atom. The lowest BCUT2D eigenvalue weighted by atomic mass is 9.78. The number of piperidine rings is 1. The number of halogens is 1. The van der Waals surface area contributed by atoms with E-state index in [1.807, 2.05) is 6.20 Å². The van der Waals surface area contributed by atoms with Crippen LogP contribution < -0.4 is 0 Å². The van der Waals surface area contributed by atoms with E-state index in [0.717, 1.165) is 36.0 Å². The van der Waals surface area contributed by atoms with E-state index in [-0.39, 0.29) is 11.4 Å². The van der Waals surface area contributed by atoms with Gasteiger partial charge in [-0.1, -0.05) is 23.7 Å². The van der Waals surface area contributed by atoms with Gasteiger partial charge in [0.05, 0.1) is 34.5 Å². The fourth-order valence-corrected chi connectivity index (χ4v) is 6.27. The van der Waals surface area contributed by atoms with Crippen molar-refractivity contribution in [1.29, 1.82) is 0 Å². The van der Waals surface area contributed by atoms with E-state index in [9.17, 15) is 8.42 Å². The molecule has 2 aliphatic heterocycles. The molecule has 4 heterocycles. The molecule has 2 aromatic heterocycles. The van der Waals surface area contributed by atoms with E-state index in [1.54, 1.807) is 16.0 Å². The number of hydrogen-bond donors (Lipinski definition) is 0. The van der Waals surface area contributed by atoms with E-state index in [4.69, 9.17) is 16.3 Å². The van der Waals surface area contributed by atoms with Crippen molar-refractivity contribution in [2.24, 2.45) is 0 Å². The molecular formula is C19H27ClN4O3S2. The summed E-state index contributed by atoms with van der Waals surface area (Å²) in [5.41, 5.74) is 1.90. The lowest BCUT2D eigenvalue weighted by molar-refractivity contribution is -0.117. The van der Waals surface area contributed by atoms with Crippen LogP contribution in [-0.2, 0) is 33.3 Å². The molecule has 7 nitrogen and oxygen atoms in total. The number of thiophene rings is 1. The maximum Gasteiger partial charge on any atom is 0.149 e. The minimum atomic E-state index is -3.01. The highest BCUT2D eigenvalue weighted by molar-refractivity contribution is 7.90.